The fourth-order valence-electron chi connectivity index (χ4n) is 3.03. The van der Waals surface area contributed by atoms with E-state index < -0.39 is 11.9 Å². The molecule has 29 heavy (non-hydrogen) atoms. The van der Waals surface area contributed by atoms with Crippen LogP contribution in [0.25, 0.3) is 22.6 Å². The molecule has 0 saturated carbocycles. The second-order valence-corrected chi connectivity index (χ2v) is 6.96. The fraction of sp³-hybridized carbons (Fsp3) is 0.222. The van der Waals surface area contributed by atoms with Crippen molar-refractivity contribution < 1.29 is 13.2 Å². The molecule has 0 amide bonds. The lowest BCUT2D eigenvalue weighted by molar-refractivity contribution is -0.140. The van der Waals surface area contributed by atoms with E-state index in [0.717, 1.165) is 11.8 Å². The lowest BCUT2D eigenvalue weighted by atomic mass is 10.1. The van der Waals surface area contributed by atoms with Crippen LogP contribution in [0.4, 0.5) is 13.2 Å². The van der Waals surface area contributed by atoms with Crippen LogP contribution in [0.2, 0.25) is 5.28 Å². The van der Waals surface area contributed by atoms with E-state index in [1.54, 1.807) is 12.1 Å². The van der Waals surface area contributed by atoms with Crippen molar-refractivity contribution in [3.8, 4) is 11.4 Å². The average molecular weight is 441 g/mol. The van der Waals surface area contributed by atoms with E-state index in [2.05, 4.69) is 19.9 Å². The molecule has 0 unspecified atom stereocenters. The Morgan fingerprint density at radius 3 is 2.41 bits per heavy atom. The highest BCUT2D eigenvalue weighted by Gasteiger charge is 2.34. The Morgan fingerprint density at radius 1 is 1.07 bits per heavy atom. The Morgan fingerprint density at radius 2 is 1.79 bits per heavy atom. The monoisotopic (exact) mass is 440 g/mol. The van der Waals surface area contributed by atoms with Gasteiger partial charge in [-0.3, -0.25) is 0 Å². The van der Waals surface area contributed by atoms with Crippen molar-refractivity contribution in [1.29, 1.82) is 0 Å². The summed E-state index contributed by atoms with van der Waals surface area (Å²) in [6.07, 6.45) is -1.99. The van der Waals surface area contributed by atoms with E-state index in [4.69, 9.17) is 23.2 Å². The van der Waals surface area contributed by atoms with Gasteiger partial charge in [-0.25, -0.2) is 15.0 Å². The van der Waals surface area contributed by atoms with E-state index >= 15 is 0 Å². The van der Waals surface area contributed by atoms with Crippen LogP contribution in [0.5, 0.6) is 0 Å². The Labute approximate surface area is 173 Å². The van der Waals surface area contributed by atoms with Crippen LogP contribution in [-0.4, -0.2) is 29.1 Å². The number of nitrogens with zero attached hydrogens (tertiary/aromatic N) is 6. The molecule has 1 aromatic carbocycles. The first kappa shape index (κ1) is 19.7. The SMILES string of the molecule is Cn1cc(C(F)(F)F)nc1-c1ccc(Cn2c(CCl)nc3cnc(Cl)nc32)cc1. The van der Waals surface area contributed by atoms with E-state index in [9.17, 15) is 13.2 Å². The number of benzene rings is 1. The quantitative estimate of drug-likeness (QED) is 0.341. The zero-order valence-electron chi connectivity index (χ0n) is 15.0. The molecule has 0 radical (unpaired) electrons. The van der Waals surface area contributed by atoms with Crippen molar-refractivity contribution in [2.75, 3.05) is 0 Å². The van der Waals surface area contributed by atoms with Crippen LogP contribution in [-0.2, 0) is 25.6 Å². The van der Waals surface area contributed by atoms with Gasteiger partial charge in [0.05, 0.1) is 18.6 Å². The van der Waals surface area contributed by atoms with Crippen LogP contribution < -0.4 is 0 Å². The van der Waals surface area contributed by atoms with E-state index in [-0.39, 0.29) is 17.0 Å². The first-order chi connectivity index (χ1) is 13.8. The van der Waals surface area contributed by atoms with Crippen LogP contribution in [0.1, 0.15) is 17.1 Å². The topological polar surface area (TPSA) is 61.4 Å². The van der Waals surface area contributed by atoms with Crippen molar-refractivity contribution in [2.45, 2.75) is 18.6 Å². The zero-order chi connectivity index (χ0) is 20.8. The molecule has 0 spiro atoms. The van der Waals surface area contributed by atoms with Crippen molar-refractivity contribution in [3.05, 3.63) is 59.0 Å². The van der Waals surface area contributed by atoms with Gasteiger partial charge in [-0.1, -0.05) is 24.3 Å². The summed E-state index contributed by atoms with van der Waals surface area (Å²) >= 11 is 11.9. The number of fused-ring (bicyclic) bond motifs is 1. The summed E-state index contributed by atoms with van der Waals surface area (Å²) in [7, 11) is 1.53. The van der Waals surface area contributed by atoms with Gasteiger partial charge in [0.25, 0.3) is 0 Å². The van der Waals surface area contributed by atoms with Gasteiger partial charge in [0.1, 0.15) is 17.2 Å². The van der Waals surface area contributed by atoms with Crippen molar-refractivity contribution >= 4 is 34.4 Å². The maximum absolute atomic E-state index is 12.9. The zero-order valence-corrected chi connectivity index (χ0v) is 16.5. The Balaban J connectivity index is 1.65. The maximum atomic E-state index is 12.9. The second kappa shape index (κ2) is 7.31. The number of hydrogen-bond donors (Lipinski definition) is 0. The third kappa shape index (κ3) is 3.79. The highest BCUT2D eigenvalue weighted by molar-refractivity contribution is 6.28. The van der Waals surface area contributed by atoms with Gasteiger partial charge in [-0.15, -0.1) is 11.6 Å². The maximum Gasteiger partial charge on any atom is 0.434 e. The van der Waals surface area contributed by atoms with Crippen LogP contribution in [0.15, 0.2) is 36.7 Å². The summed E-state index contributed by atoms with van der Waals surface area (Å²) in [5.41, 5.74) is 1.68. The molecule has 0 fully saturated rings. The molecule has 4 aromatic rings. The number of hydrogen-bond acceptors (Lipinski definition) is 4. The Kier molecular flexibility index (Phi) is 4.95. The first-order valence-corrected chi connectivity index (χ1v) is 9.31. The second-order valence-electron chi connectivity index (χ2n) is 6.35. The number of aromatic nitrogens is 6. The molecule has 11 heteroatoms. The summed E-state index contributed by atoms with van der Waals surface area (Å²) in [6.45, 7) is 0.417. The molecule has 0 bridgehead atoms. The van der Waals surface area contributed by atoms with Gasteiger partial charge in [-0.05, 0) is 17.2 Å². The number of imidazole rings is 2. The molecule has 6 nitrogen and oxygen atoms in total. The molecular weight excluding hydrogens is 428 g/mol. The molecule has 0 N–H and O–H groups in total. The minimum absolute atomic E-state index is 0.102. The highest BCUT2D eigenvalue weighted by Crippen LogP contribution is 2.30. The summed E-state index contributed by atoms with van der Waals surface area (Å²) in [5.74, 6) is 1.03. The molecule has 150 valence electrons. The number of alkyl halides is 4. The van der Waals surface area contributed by atoms with Crippen LogP contribution in [0.3, 0.4) is 0 Å². The van der Waals surface area contributed by atoms with Gasteiger partial charge >= 0.3 is 6.18 Å². The normalized spacial score (nSPS) is 12.1. The fourth-order valence-corrected chi connectivity index (χ4v) is 3.36. The van der Waals surface area contributed by atoms with Crippen LogP contribution >= 0.6 is 23.2 Å². The molecule has 0 aliphatic rings. The summed E-state index contributed by atoms with van der Waals surface area (Å²) < 4.78 is 41.8. The summed E-state index contributed by atoms with van der Waals surface area (Å²) in [4.78, 5) is 16.2. The average Bonchev–Trinajstić information content (AvgIpc) is 3.23. The molecule has 3 heterocycles. The van der Waals surface area contributed by atoms with Gasteiger partial charge in [0, 0.05) is 18.8 Å². The van der Waals surface area contributed by atoms with E-state index in [1.807, 2.05) is 16.7 Å². The lowest BCUT2D eigenvalue weighted by Gasteiger charge is -2.08. The van der Waals surface area contributed by atoms with E-state index in [0.29, 0.717) is 29.1 Å². The molecule has 0 aliphatic carbocycles. The molecule has 0 atom stereocenters. The molecular formula is C18H13Cl2F3N6. The standard InChI is InChI=1S/C18H13Cl2F3N6/c1-28-9-13(18(21,22)23)26-15(28)11-4-2-10(3-5-11)8-29-14(6-19)25-12-7-24-17(20)27-16(12)29/h2-5,7,9H,6,8H2,1H3. The lowest BCUT2D eigenvalue weighted by Crippen LogP contribution is -2.05. The number of halogens is 5. The number of aryl methyl sites for hydroxylation is 1. The third-order valence-electron chi connectivity index (χ3n) is 4.38. The van der Waals surface area contributed by atoms with Crippen molar-refractivity contribution in [2.24, 2.45) is 7.05 Å². The molecule has 0 aliphatic heterocycles. The molecule has 0 saturated heterocycles. The Bertz CT molecular complexity index is 1180. The third-order valence-corrected chi connectivity index (χ3v) is 4.80. The highest BCUT2D eigenvalue weighted by atomic mass is 35.5. The molecule has 3 aromatic heterocycles. The summed E-state index contributed by atoms with van der Waals surface area (Å²) in [5, 5.41) is 0.102. The van der Waals surface area contributed by atoms with Crippen LogP contribution in [0, 0.1) is 0 Å². The molecule has 4 rings (SSSR count). The smallest absolute Gasteiger partial charge is 0.333 e. The van der Waals surface area contributed by atoms with Gasteiger partial charge < -0.3 is 9.13 Å². The van der Waals surface area contributed by atoms with Gasteiger partial charge in [0.15, 0.2) is 11.3 Å². The largest absolute Gasteiger partial charge is 0.434 e. The van der Waals surface area contributed by atoms with Gasteiger partial charge in [-0.2, -0.15) is 18.2 Å². The van der Waals surface area contributed by atoms with Crippen molar-refractivity contribution in [3.63, 3.8) is 0 Å². The first-order valence-electron chi connectivity index (χ1n) is 8.39. The summed E-state index contributed by atoms with van der Waals surface area (Å²) in [6, 6.07) is 7.06. The van der Waals surface area contributed by atoms with Gasteiger partial charge in [0.2, 0.25) is 5.28 Å². The predicted octanol–water partition coefficient (Wildman–Crippen LogP) is 4.69. The predicted molar refractivity (Wildman–Crippen MR) is 103 cm³/mol. The van der Waals surface area contributed by atoms with E-state index in [1.165, 1.54) is 17.8 Å². The van der Waals surface area contributed by atoms with Crippen molar-refractivity contribution in [1.82, 2.24) is 29.1 Å². The minimum Gasteiger partial charge on any atom is -0.333 e. The number of rotatable bonds is 4. The Hall–Kier alpha value is -2.65. The minimum atomic E-state index is -4.49.